The van der Waals surface area contributed by atoms with Crippen molar-refractivity contribution in [1.82, 2.24) is 15.0 Å². The molecule has 0 amide bonds. The van der Waals surface area contributed by atoms with Gasteiger partial charge in [0.25, 0.3) is 0 Å². The van der Waals surface area contributed by atoms with Gasteiger partial charge in [-0.25, -0.2) is 4.98 Å². The Morgan fingerprint density at radius 1 is 0.706 bits per heavy atom. The van der Waals surface area contributed by atoms with Crippen LogP contribution in [0.3, 0.4) is 0 Å². The molecule has 4 aromatic carbocycles. The van der Waals surface area contributed by atoms with Crippen molar-refractivity contribution in [1.29, 1.82) is 0 Å². The van der Waals surface area contributed by atoms with Crippen LogP contribution >= 0.6 is 0 Å². The van der Waals surface area contributed by atoms with Crippen LogP contribution in [-0.4, -0.2) is 15.0 Å². The number of rotatable bonds is 6. The van der Waals surface area contributed by atoms with Gasteiger partial charge in [-0.15, -0.1) is 47.5 Å². The second kappa shape index (κ2) is 15.8. The maximum absolute atomic E-state index is 7.61. The molecular formula is C46H39IrN3O-2. The molecule has 0 spiro atoms. The van der Waals surface area contributed by atoms with Gasteiger partial charge in [-0.05, 0) is 86.7 Å². The molecule has 0 N–H and O–H groups in total. The van der Waals surface area contributed by atoms with Gasteiger partial charge in [-0.1, -0.05) is 107 Å². The Kier molecular flexibility index (Phi) is 9.81. The van der Waals surface area contributed by atoms with Crippen molar-refractivity contribution < 1.29 is 28.6 Å². The molecule has 4 nitrogen and oxygen atoms in total. The van der Waals surface area contributed by atoms with Crippen LogP contribution < -0.4 is 0 Å². The third-order valence-electron chi connectivity index (χ3n) is 9.09. The fourth-order valence-corrected chi connectivity index (χ4v) is 6.03. The molecule has 51 heavy (non-hydrogen) atoms. The van der Waals surface area contributed by atoms with Gasteiger partial charge in [0.15, 0.2) is 0 Å². The quantitative estimate of drug-likeness (QED) is 0.157. The second-order valence-electron chi connectivity index (χ2n) is 12.7. The van der Waals surface area contributed by atoms with E-state index in [4.69, 9.17) is 8.53 Å². The molecule has 0 bridgehead atoms. The Balaban J connectivity index is 0.000000197. The Morgan fingerprint density at radius 3 is 2.29 bits per heavy atom. The first kappa shape index (κ1) is 31.7. The number of nitrogens with zero attached hydrogens (tertiary/aromatic N) is 3. The fourth-order valence-electron chi connectivity index (χ4n) is 6.03. The molecule has 0 aliphatic carbocycles. The number of furan rings is 1. The van der Waals surface area contributed by atoms with Gasteiger partial charge in [0.05, 0.1) is 5.58 Å². The van der Waals surface area contributed by atoms with Crippen LogP contribution in [0.25, 0.3) is 55.7 Å². The fraction of sp³-hybridized carbons (Fsp3) is 0.152. The third kappa shape index (κ3) is 8.07. The molecule has 4 aromatic heterocycles. The van der Waals surface area contributed by atoms with E-state index in [9.17, 15) is 0 Å². The summed E-state index contributed by atoms with van der Waals surface area (Å²) >= 11 is 0. The van der Waals surface area contributed by atoms with Gasteiger partial charge in [0.2, 0.25) is 5.71 Å². The van der Waals surface area contributed by atoms with Gasteiger partial charge in [0.1, 0.15) is 0 Å². The number of hydrogen-bond donors (Lipinski definition) is 0. The first-order chi connectivity index (χ1) is 25.5. The normalized spacial score (nSPS) is 12.0. The molecule has 0 aliphatic heterocycles. The summed E-state index contributed by atoms with van der Waals surface area (Å²) in [6.45, 7) is 6.13. The van der Waals surface area contributed by atoms with Crippen LogP contribution in [0.1, 0.15) is 43.2 Å². The largest absolute Gasteiger partial charge is 0.486 e. The molecule has 8 rings (SSSR count). The number of fused-ring (bicyclic) bond motifs is 3. The molecular weight excluding hydrogens is 803 g/mol. The van der Waals surface area contributed by atoms with Crippen molar-refractivity contribution in [2.45, 2.75) is 47.4 Å². The molecule has 4 heterocycles. The molecule has 0 fully saturated rings. The molecule has 5 heteroatoms. The van der Waals surface area contributed by atoms with E-state index in [1.165, 1.54) is 50.6 Å². The molecule has 0 unspecified atom stereocenters. The number of pyridine rings is 3. The smallest absolute Gasteiger partial charge is 0.216 e. The third-order valence-corrected chi connectivity index (χ3v) is 9.09. The summed E-state index contributed by atoms with van der Waals surface area (Å²) in [4.78, 5) is 13.3. The Bertz CT molecular complexity index is 2550. The summed E-state index contributed by atoms with van der Waals surface area (Å²) in [7, 11) is 0. The Labute approximate surface area is 318 Å². The molecule has 0 saturated carbocycles. The van der Waals surface area contributed by atoms with Crippen molar-refractivity contribution >= 4 is 22.1 Å². The standard InChI is InChI=1S/C26H21N2O.C20H18N.Ir/c1-17-6-9-19(10-7-17)11-12-20-14-15-27-24(16-20)23-5-3-4-21-22-13-8-18(2)28-26(22)29-25(21)23;1-14-9-10-18(20-11-15(2)16(3)13-21-20)12-19(14)17-7-5-4-6-8-17;/h3-4,6-10,13-16H,11-12H2,1-2H3;4-9,11-13H,1-3H3;/q2*-1;/i2D3;;. The van der Waals surface area contributed by atoms with E-state index >= 15 is 0 Å². The molecule has 8 aromatic rings. The number of aryl methyl sites for hydroxylation is 7. The van der Waals surface area contributed by atoms with E-state index in [0.717, 1.165) is 46.1 Å². The second-order valence-corrected chi connectivity index (χ2v) is 12.7. The molecule has 255 valence electrons. The van der Waals surface area contributed by atoms with Crippen LogP contribution in [-0.2, 0) is 32.9 Å². The van der Waals surface area contributed by atoms with Crippen molar-refractivity contribution in [2.24, 2.45) is 0 Å². The van der Waals surface area contributed by atoms with Gasteiger partial charge in [0, 0.05) is 47.7 Å². The zero-order chi connectivity index (χ0) is 37.1. The maximum Gasteiger partial charge on any atom is 0.216 e. The molecule has 0 atom stereocenters. The average Bonchev–Trinajstić information content (AvgIpc) is 3.55. The predicted octanol–water partition coefficient (Wildman–Crippen LogP) is 11.4. The maximum atomic E-state index is 7.61. The minimum absolute atomic E-state index is 0. The van der Waals surface area contributed by atoms with Crippen LogP contribution in [0.2, 0.25) is 0 Å². The van der Waals surface area contributed by atoms with Gasteiger partial charge in [-0.3, -0.25) is 0 Å². The van der Waals surface area contributed by atoms with Crippen molar-refractivity contribution in [3.63, 3.8) is 0 Å². The molecule has 1 radical (unpaired) electrons. The van der Waals surface area contributed by atoms with Crippen molar-refractivity contribution in [2.75, 3.05) is 0 Å². The van der Waals surface area contributed by atoms with E-state index in [0.29, 0.717) is 11.3 Å². The minimum Gasteiger partial charge on any atom is -0.486 e. The number of hydrogen-bond acceptors (Lipinski definition) is 4. The van der Waals surface area contributed by atoms with E-state index < -0.39 is 6.85 Å². The predicted molar refractivity (Wildman–Crippen MR) is 205 cm³/mol. The first-order valence-electron chi connectivity index (χ1n) is 18.3. The summed E-state index contributed by atoms with van der Waals surface area (Å²) in [6, 6.07) is 43.1. The van der Waals surface area contributed by atoms with E-state index in [1.54, 1.807) is 12.3 Å². The summed E-state index contributed by atoms with van der Waals surface area (Å²) < 4.78 is 28.8. The van der Waals surface area contributed by atoms with E-state index in [-0.39, 0.29) is 25.8 Å². The Hall–Kier alpha value is -5.22. The monoisotopic (exact) mass is 845 g/mol. The number of aromatic nitrogens is 3. The van der Waals surface area contributed by atoms with Gasteiger partial charge >= 0.3 is 0 Å². The topological polar surface area (TPSA) is 51.8 Å². The van der Waals surface area contributed by atoms with Crippen LogP contribution in [0.4, 0.5) is 0 Å². The van der Waals surface area contributed by atoms with Crippen LogP contribution in [0.5, 0.6) is 0 Å². The van der Waals surface area contributed by atoms with Gasteiger partial charge in [-0.2, -0.15) is 0 Å². The van der Waals surface area contributed by atoms with E-state index in [1.807, 2.05) is 30.5 Å². The zero-order valence-corrected chi connectivity index (χ0v) is 31.4. The van der Waals surface area contributed by atoms with Crippen molar-refractivity contribution in [3.05, 3.63) is 173 Å². The van der Waals surface area contributed by atoms with Gasteiger partial charge < -0.3 is 14.4 Å². The Morgan fingerprint density at radius 2 is 1.51 bits per heavy atom. The van der Waals surface area contributed by atoms with E-state index in [2.05, 4.69) is 128 Å². The molecule has 0 aliphatic rings. The summed E-state index contributed by atoms with van der Waals surface area (Å²) in [5.41, 5.74) is 14.4. The summed E-state index contributed by atoms with van der Waals surface area (Å²) in [5, 5.41) is 1.64. The van der Waals surface area contributed by atoms with Crippen LogP contribution in [0, 0.1) is 46.7 Å². The number of benzene rings is 4. The zero-order valence-electron chi connectivity index (χ0n) is 32.0. The first-order valence-corrected chi connectivity index (χ1v) is 16.8. The molecule has 0 saturated heterocycles. The SMILES string of the molecule is Cc1cnc(-c2[c-]cc(C)c(-c3ccccc3)c2)cc1C.[2H]C([2H])([2H])c1ccc2c(n1)oc1c(-c3cc(CCc4ccc(C)cc4)ccn3)[c-]ccc12.[Ir]. The van der Waals surface area contributed by atoms with Crippen LogP contribution in [0.15, 0.2) is 126 Å². The summed E-state index contributed by atoms with van der Waals surface area (Å²) in [6.07, 6.45) is 5.59. The summed E-state index contributed by atoms with van der Waals surface area (Å²) in [5.74, 6) is 0. The van der Waals surface area contributed by atoms with Crippen molar-refractivity contribution in [3.8, 4) is 33.6 Å². The average molecular weight is 845 g/mol. The minimum atomic E-state index is -2.28.